The van der Waals surface area contributed by atoms with Crippen LogP contribution in [-0.2, 0) is 10.1 Å². The topological polar surface area (TPSA) is 74.6 Å². The number of hydrogen-bond acceptors (Lipinski definition) is 3. The molecule has 2 unspecified atom stereocenters. The first-order chi connectivity index (χ1) is 13.9. The highest BCUT2D eigenvalue weighted by atomic mass is 32.2. The van der Waals surface area contributed by atoms with Crippen molar-refractivity contribution < 1.29 is 18.1 Å². The second-order valence-corrected chi connectivity index (χ2v) is 10.7. The molecule has 0 aliphatic rings. The molecule has 2 N–H and O–H groups in total. The summed E-state index contributed by atoms with van der Waals surface area (Å²) in [7, 11) is -3.89. The van der Waals surface area contributed by atoms with Crippen molar-refractivity contribution in [1.29, 1.82) is 0 Å². The number of hydrogen-bond donors (Lipinski definition) is 2. The molecule has 0 amide bonds. The molecule has 0 heterocycles. The first-order valence-corrected chi connectivity index (χ1v) is 14.0. The first kappa shape index (κ1) is 28.9. The van der Waals surface area contributed by atoms with E-state index in [2.05, 4.69) is 6.92 Å². The molecule has 0 radical (unpaired) electrons. The third-order valence-corrected chi connectivity index (χ3v) is 7.26. The molecule has 0 aromatic carbocycles. The van der Waals surface area contributed by atoms with Gasteiger partial charge in [0.05, 0.1) is 11.4 Å². The monoisotopic (exact) mass is 434 g/mol. The summed E-state index contributed by atoms with van der Waals surface area (Å²) in [4.78, 5) is 0. The highest BCUT2D eigenvalue weighted by Crippen LogP contribution is 2.19. The van der Waals surface area contributed by atoms with Gasteiger partial charge in [-0.25, -0.2) is 0 Å². The van der Waals surface area contributed by atoms with E-state index >= 15 is 0 Å². The zero-order chi connectivity index (χ0) is 21.8. The molecule has 4 nitrogen and oxygen atoms in total. The summed E-state index contributed by atoms with van der Waals surface area (Å²) < 4.78 is 32.6. The number of aliphatic hydroxyl groups is 1. The van der Waals surface area contributed by atoms with Gasteiger partial charge in [-0.1, -0.05) is 116 Å². The van der Waals surface area contributed by atoms with Crippen molar-refractivity contribution in [3.8, 4) is 0 Å². The van der Waals surface area contributed by atoms with Crippen LogP contribution >= 0.6 is 0 Å². The van der Waals surface area contributed by atoms with Gasteiger partial charge in [-0.15, -0.1) is 0 Å². The molecule has 176 valence electrons. The Hall–Kier alpha value is -0.130. The van der Waals surface area contributed by atoms with E-state index in [0.29, 0.717) is 12.8 Å². The van der Waals surface area contributed by atoms with E-state index in [1.54, 1.807) is 0 Å². The Balaban J connectivity index is 3.51. The lowest BCUT2D eigenvalue weighted by atomic mass is 10.0. The Bertz CT molecular complexity index is 434. The second-order valence-electron chi connectivity index (χ2n) is 9.01. The maximum absolute atomic E-state index is 11.6. The molecule has 29 heavy (non-hydrogen) atoms. The van der Waals surface area contributed by atoms with E-state index in [4.69, 9.17) is 0 Å². The normalized spacial score (nSPS) is 14.2. The largest absolute Gasteiger partial charge is 0.393 e. The molecule has 0 fully saturated rings. The minimum absolute atomic E-state index is 0.149. The van der Waals surface area contributed by atoms with Crippen molar-refractivity contribution in [2.24, 2.45) is 0 Å². The fraction of sp³-hybridized carbons (Fsp3) is 1.00. The van der Waals surface area contributed by atoms with Gasteiger partial charge in [0.25, 0.3) is 10.1 Å². The summed E-state index contributed by atoms with van der Waals surface area (Å²) in [6, 6.07) is 0. The lowest BCUT2D eigenvalue weighted by Gasteiger charge is -2.13. The van der Waals surface area contributed by atoms with Gasteiger partial charge in [0.15, 0.2) is 0 Å². The minimum Gasteiger partial charge on any atom is -0.393 e. The maximum atomic E-state index is 11.6. The Kier molecular flexibility index (Phi) is 19.7. The molecule has 0 rings (SSSR count). The molecular weight excluding hydrogens is 384 g/mol. The molecule has 2 atom stereocenters. The fourth-order valence-electron chi connectivity index (χ4n) is 4.00. The summed E-state index contributed by atoms with van der Waals surface area (Å²) in [5.41, 5.74) is 0. The highest BCUT2D eigenvalue weighted by Gasteiger charge is 2.21. The lowest BCUT2D eigenvalue weighted by Crippen LogP contribution is -2.20. The standard InChI is InChI=1S/C24H50O4S/c1-3-4-5-14-18-21-24(29(26,27)28)22-19-16-13-11-9-7-6-8-10-12-15-17-20-23(2)25/h23-25H,3-22H2,1-2H3,(H,26,27,28). The second kappa shape index (κ2) is 19.8. The van der Waals surface area contributed by atoms with Crippen molar-refractivity contribution in [3.05, 3.63) is 0 Å². The number of aliphatic hydroxyl groups excluding tert-OH is 1. The zero-order valence-corrected chi connectivity index (χ0v) is 20.2. The van der Waals surface area contributed by atoms with Gasteiger partial charge in [0.1, 0.15) is 0 Å². The van der Waals surface area contributed by atoms with E-state index < -0.39 is 15.4 Å². The van der Waals surface area contributed by atoms with E-state index in [1.165, 1.54) is 70.6 Å². The highest BCUT2D eigenvalue weighted by molar-refractivity contribution is 7.86. The van der Waals surface area contributed by atoms with Crippen LogP contribution in [0, 0.1) is 0 Å². The third kappa shape index (κ3) is 20.9. The summed E-state index contributed by atoms with van der Waals surface area (Å²) in [6.07, 6.45) is 22.2. The lowest BCUT2D eigenvalue weighted by molar-refractivity contribution is 0.180. The molecule has 0 saturated heterocycles. The smallest absolute Gasteiger partial charge is 0.267 e. The average Bonchev–Trinajstić information content (AvgIpc) is 2.65. The molecule has 0 aromatic heterocycles. The quantitative estimate of drug-likeness (QED) is 0.137. The van der Waals surface area contributed by atoms with Gasteiger partial charge in [-0.05, 0) is 26.2 Å². The molecule has 0 aromatic rings. The van der Waals surface area contributed by atoms with E-state index in [0.717, 1.165) is 44.9 Å². The minimum atomic E-state index is -3.89. The van der Waals surface area contributed by atoms with Crippen LogP contribution in [0.4, 0.5) is 0 Å². The summed E-state index contributed by atoms with van der Waals surface area (Å²) in [6.45, 7) is 4.03. The van der Waals surface area contributed by atoms with Crippen LogP contribution in [0.3, 0.4) is 0 Å². The van der Waals surface area contributed by atoms with Gasteiger partial charge in [0.2, 0.25) is 0 Å². The fourth-order valence-corrected chi connectivity index (χ4v) is 4.93. The molecule has 5 heteroatoms. The van der Waals surface area contributed by atoms with Gasteiger partial charge in [-0.3, -0.25) is 4.55 Å². The summed E-state index contributed by atoms with van der Waals surface area (Å²) >= 11 is 0. The van der Waals surface area contributed by atoms with E-state index in [-0.39, 0.29) is 6.10 Å². The Morgan fingerprint density at radius 1 is 0.586 bits per heavy atom. The molecule has 0 spiro atoms. The van der Waals surface area contributed by atoms with Crippen molar-refractivity contribution in [3.63, 3.8) is 0 Å². The van der Waals surface area contributed by atoms with E-state index in [9.17, 15) is 18.1 Å². The van der Waals surface area contributed by atoms with Crippen LogP contribution in [0.25, 0.3) is 0 Å². The number of unbranched alkanes of at least 4 members (excludes halogenated alkanes) is 15. The van der Waals surface area contributed by atoms with Crippen molar-refractivity contribution in [2.75, 3.05) is 0 Å². The molecule has 0 saturated carbocycles. The van der Waals surface area contributed by atoms with Crippen molar-refractivity contribution >= 4 is 10.1 Å². The van der Waals surface area contributed by atoms with Crippen LogP contribution in [-0.4, -0.2) is 29.4 Å². The zero-order valence-electron chi connectivity index (χ0n) is 19.4. The predicted octanol–water partition coefficient (Wildman–Crippen LogP) is 7.45. The summed E-state index contributed by atoms with van der Waals surface area (Å²) in [5, 5.41) is 8.66. The van der Waals surface area contributed by atoms with Crippen LogP contribution in [0.2, 0.25) is 0 Å². The van der Waals surface area contributed by atoms with Crippen LogP contribution in [0.15, 0.2) is 0 Å². The Morgan fingerprint density at radius 2 is 0.897 bits per heavy atom. The predicted molar refractivity (Wildman–Crippen MR) is 125 cm³/mol. The Labute approximate surface area is 182 Å². The first-order valence-electron chi connectivity index (χ1n) is 12.5. The summed E-state index contributed by atoms with van der Waals surface area (Å²) in [5.74, 6) is 0. The SMILES string of the molecule is CCCCCCCC(CCCCCCCCCCCCCCC(C)O)S(=O)(=O)O. The molecular formula is C24H50O4S. The van der Waals surface area contributed by atoms with Crippen LogP contribution in [0.1, 0.15) is 142 Å². The van der Waals surface area contributed by atoms with Crippen LogP contribution in [0.5, 0.6) is 0 Å². The van der Waals surface area contributed by atoms with Gasteiger partial charge >= 0.3 is 0 Å². The van der Waals surface area contributed by atoms with Gasteiger partial charge in [-0.2, -0.15) is 8.42 Å². The van der Waals surface area contributed by atoms with Crippen molar-refractivity contribution in [1.82, 2.24) is 0 Å². The van der Waals surface area contributed by atoms with Crippen molar-refractivity contribution in [2.45, 2.75) is 154 Å². The van der Waals surface area contributed by atoms with E-state index in [1.807, 2.05) is 6.92 Å². The third-order valence-electron chi connectivity index (χ3n) is 5.95. The van der Waals surface area contributed by atoms with Gasteiger partial charge in [0, 0.05) is 0 Å². The Morgan fingerprint density at radius 3 is 1.21 bits per heavy atom. The van der Waals surface area contributed by atoms with Crippen LogP contribution < -0.4 is 0 Å². The maximum Gasteiger partial charge on any atom is 0.267 e. The van der Waals surface area contributed by atoms with Gasteiger partial charge < -0.3 is 5.11 Å². The number of rotatable bonds is 22. The molecule has 0 bridgehead atoms. The molecule has 0 aliphatic heterocycles. The average molecular weight is 435 g/mol. The molecule has 0 aliphatic carbocycles.